The quantitative estimate of drug-likeness (QED) is 0.880. The first-order valence-corrected chi connectivity index (χ1v) is 6.98. The van der Waals surface area contributed by atoms with E-state index in [1.165, 1.54) is 0 Å². The largest absolute Gasteiger partial charge is 0.343 e. The first-order valence-electron chi connectivity index (χ1n) is 6.98. The molecule has 1 aromatic heterocycles. The molecule has 0 radical (unpaired) electrons. The van der Waals surface area contributed by atoms with Crippen molar-refractivity contribution in [3.05, 3.63) is 11.8 Å². The van der Waals surface area contributed by atoms with Gasteiger partial charge in [-0.3, -0.25) is 14.7 Å². The van der Waals surface area contributed by atoms with Gasteiger partial charge in [0, 0.05) is 43.6 Å². The maximum atomic E-state index is 11.6. The molecule has 2 rings (SSSR count). The van der Waals surface area contributed by atoms with Gasteiger partial charge in [0.15, 0.2) is 5.82 Å². The van der Waals surface area contributed by atoms with Crippen LogP contribution < -0.4 is 5.32 Å². The summed E-state index contributed by atoms with van der Waals surface area (Å²) in [6.07, 6.45) is 1.88. The minimum absolute atomic E-state index is 0.0363. The smallest absolute Gasteiger partial charge is 0.228 e. The predicted octanol–water partition coefficient (Wildman–Crippen LogP) is 1.73. The number of hydrogen-bond donors (Lipinski definition) is 2. The number of aromatic amines is 1. The SMILES string of the molecule is CC(=O)N(C)C1CC(c2cc(NC(=O)C(C)C)n[nH]2)C1. The summed E-state index contributed by atoms with van der Waals surface area (Å²) in [5.41, 5.74) is 1.03. The molecule has 20 heavy (non-hydrogen) atoms. The van der Waals surface area contributed by atoms with Crippen LogP contribution in [-0.2, 0) is 9.59 Å². The molecular weight excluding hydrogens is 256 g/mol. The van der Waals surface area contributed by atoms with Crippen LogP contribution >= 0.6 is 0 Å². The molecule has 1 aromatic rings. The van der Waals surface area contributed by atoms with E-state index in [-0.39, 0.29) is 17.7 Å². The van der Waals surface area contributed by atoms with Crippen LogP contribution in [0.2, 0.25) is 0 Å². The van der Waals surface area contributed by atoms with Gasteiger partial charge in [-0.1, -0.05) is 13.8 Å². The van der Waals surface area contributed by atoms with Gasteiger partial charge in [-0.15, -0.1) is 0 Å². The predicted molar refractivity (Wildman–Crippen MR) is 76.3 cm³/mol. The number of carbonyl (C=O) groups excluding carboxylic acids is 2. The molecule has 0 spiro atoms. The Labute approximate surface area is 118 Å². The lowest BCUT2D eigenvalue weighted by Gasteiger charge is -2.40. The topological polar surface area (TPSA) is 78.1 Å². The van der Waals surface area contributed by atoms with Crippen LogP contribution in [0.4, 0.5) is 5.82 Å². The Bertz CT molecular complexity index is 503. The number of anilines is 1. The number of hydrogen-bond acceptors (Lipinski definition) is 3. The number of amides is 2. The van der Waals surface area contributed by atoms with Crippen molar-refractivity contribution in [2.24, 2.45) is 5.92 Å². The van der Waals surface area contributed by atoms with E-state index in [1.54, 1.807) is 11.8 Å². The van der Waals surface area contributed by atoms with Crippen molar-refractivity contribution in [2.75, 3.05) is 12.4 Å². The van der Waals surface area contributed by atoms with Crippen LogP contribution in [0.3, 0.4) is 0 Å². The van der Waals surface area contributed by atoms with E-state index in [1.807, 2.05) is 27.0 Å². The standard InChI is InChI=1S/C14H22N4O2/c1-8(2)14(20)15-13-7-12(16-17-13)10-5-11(6-10)18(4)9(3)19/h7-8,10-11H,5-6H2,1-4H3,(H2,15,16,17,20). The van der Waals surface area contributed by atoms with E-state index < -0.39 is 0 Å². The van der Waals surface area contributed by atoms with Gasteiger partial charge >= 0.3 is 0 Å². The number of aromatic nitrogens is 2. The zero-order valence-corrected chi connectivity index (χ0v) is 12.4. The third kappa shape index (κ3) is 3.00. The second-order valence-electron chi connectivity index (χ2n) is 5.80. The maximum absolute atomic E-state index is 11.6. The van der Waals surface area contributed by atoms with Gasteiger partial charge in [0.2, 0.25) is 11.8 Å². The lowest BCUT2D eigenvalue weighted by molar-refractivity contribution is -0.131. The summed E-state index contributed by atoms with van der Waals surface area (Å²) in [7, 11) is 1.84. The molecule has 0 aliphatic heterocycles. The van der Waals surface area contributed by atoms with Gasteiger partial charge < -0.3 is 10.2 Å². The molecule has 0 atom stereocenters. The summed E-state index contributed by atoms with van der Waals surface area (Å²) in [4.78, 5) is 24.6. The van der Waals surface area contributed by atoms with Gasteiger partial charge in [0.05, 0.1) is 0 Å². The van der Waals surface area contributed by atoms with Crippen LogP contribution in [0.1, 0.15) is 45.2 Å². The van der Waals surface area contributed by atoms with E-state index in [9.17, 15) is 9.59 Å². The molecule has 6 nitrogen and oxygen atoms in total. The molecule has 1 heterocycles. The molecule has 1 aliphatic carbocycles. The lowest BCUT2D eigenvalue weighted by Crippen LogP contribution is -2.43. The molecule has 0 aromatic carbocycles. The van der Waals surface area contributed by atoms with Gasteiger partial charge in [-0.05, 0) is 12.8 Å². The first kappa shape index (κ1) is 14.6. The Morgan fingerprint density at radius 3 is 2.65 bits per heavy atom. The summed E-state index contributed by atoms with van der Waals surface area (Å²) in [6, 6.07) is 2.20. The lowest BCUT2D eigenvalue weighted by atomic mass is 9.77. The number of rotatable bonds is 4. The van der Waals surface area contributed by atoms with Gasteiger partial charge in [0.1, 0.15) is 0 Å². The fraction of sp³-hybridized carbons (Fsp3) is 0.643. The van der Waals surface area contributed by atoms with Crippen LogP contribution in [0.5, 0.6) is 0 Å². The summed E-state index contributed by atoms with van der Waals surface area (Å²) in [5, 5.41) is 9.85. The Balaban J connectivity index is 1.89. The van der Waals surface area contributed by atoms with E-state index >= 15 is 0 Å². The minimum Gasteiger partial charge on any atom is -0.343 e. The summed E-state index contributed by atoms with van der Waals surface area (Å²) >= 11 is 0. The second-order valence-corrected chi connectivity index (χ2v) is 5.80. The van der Waals surface area contributed by atoms with Crippen molar-refractivity contribution in [3.63, 3.8) is 0 Å². The van der Waals surface area contributed by atoms with Crippen molar-refractivity contribution in [2.45, 2.75) is 45.6 Å². The van der Waals surface area contributed by atoms with Gasteiger partial charge in [0.25, 0.3) is 0 Å². The Kier molecular flexibility index (Phi) is 4.11. The fourth-order valence-electron chi connectivity index (χ4n) is 2.30. The Hall–Kier alpha value is -1.85. The van der Waals surface area contributed by atoms with E-state index in [0.717, 1.165) is 18.5 Å². The third-order valence-electron chi connectivity index (χ3n) is 3.97. The molecule has 0 bridgehead atoms. The minimum atomic E-state index is -0.0625. The summed E-state index contributed by atoms with van der Waals surface area (Å²) in [5.74, 6) is 0.960. The van der Waals surface area contributed by atoms with Crippen LogP contribution in [-0.4, -0.2) is 40.0 Å². The highest BCUT2D eigenvalue weighted by Gasteiger charge is 2.35. The van der Waals surface area contributed by atoms with E-state index in [0.29, 0.717) is 17.8 Å². The molecule has 0 unspecified atom stereocenters. The number of H-pyrrole nitrogens is 1. The molecule has 2 amide bonds. The van der Waals surface area contributed by atoms with Crippen molar-refractivity contribution >= 4 is 17.6 Å². The van der Waals surface area contributed by atoms with E-state index in [4.69, 9.17) is 0 Å². The molecular formula is C14H22N4O2. The molecule has 1 saturated carbocycles. The molecule has 1 aliphatic rings. The van der Waals surface area contributed by atoms with Crippen LogP contribution in [0.25, 0.3) is 0 Å². The third-order valence-corrected chi connectivity index (χ3v) is 3.97. The highest BCUT2D eigenvalue weighted by Crippen LogP contribution is 2.39. The molecule has 110 valence electrons. The van der Waals surface area contributed by atoms with Gasteiger partial charge in [-0.2, -0.15) is 5.10 Å². The number of carbonyl (C=O) groups is 2. The number of nitrogens with zero attached hydrogens (tertiary/aromatic N) is 2. The summed E-state index contributed by atoms with van der Waals surface area (Å²) in [6.45, 7) is 5.27. The molecule has 1 fully saturated rings. The zero-order chi connectivity index (χ0) is 14.9. The maximum Gasteiger partial charge on any atom is 0.228 e. The zero-order valence-electron chi connectivity index (χ0n) is 12.4. The van der Waals surface area contributed by atoms with Crippen molar-refractivity contribution in [1.82, 2.24) is 15.1 Å². The highest BCUT2D eigenvalue weighted by molar-refractivity contribution is 5.91. The highest BCUT2D eigenvalue weighted by atomic mass is 16.2. The molecule has 0 saturated heterocycles. The molecule has 6 heteroatoms. The van der Waals surface area contributed by atoms with Crippen molar-refractivity contribution in [1.29, 1.82) is 0 Å². The summed E-state index contributed by atoms with van der Waals surface area (Å²) < 4.78 is 0. The second kappa shape index (κ2) is 5.64. The fourth-order valence-corrected chi connectivity index (χ4v) is 2.30. The van der Waals surface area contributed by atoms with Crippen LogP contribution in [0, 0.1) is 5.92 Å². The average molecular weight is 278 g/mol. The molecule has 2 N–H and O–H groups in total. The number of nitrogens with one attached hydrogen (secondary N) is 2. The van der Waals surface area contributed by atoms with Crippen molar-refractivity contribution < 1.29 is 9.59 Å². The Morgan fingerprint density at radius 1 is 1.45 bits per heavy atom. The first-order chi connectivity index (χ1) is 9.38. The normalized spacial score (nSPS) is 21.4. The van der Waals surface area contributed by atoms with Crippen molar-refractivity contribution in [3.8, 4) is 0 Å². The van der Waals surface area contributed by atoms with Gasteiger partial charge in [-0.25, -0.2) is 0 Å². The average Bonchev–Trinajstić information content (AvgIpc) is 2.74. The Morgan fingerprint density at radius 2 is 2.10 bits per heavy atom. The monoisotopic (exact) mass is 278 g/mol. The van der Waals surface area contributed by atoms with Crippen LogP contribution in [0.15, 0.2) is 6.07 Å². The van der Waals surface area contributed by atoms with E-state index in [2.05, 4.69) is 15.5 Å².